The zero-order valence-corrected chi connectivity index (χ0v) is 16.7. The van der Waals surface area contributed by atoms with Crippen LogP contribution >= 0.6 is 15.9 Å². The van der Waals surface area contributed by atoms with Crippen molar-refractivity contribution in [3.8, 4) is 0 Å². The van der Waals surface area contributed by atoms with Crippen LogP contribution in [-0.2, 0) is 9.59 Å². The maximum atomic E-state index is 10.7. The number of anilines is 1. The van der Waals surface area contributed by atoms with E-state index in [1.165, 1.54) is 6.92 Å². The van der Waals surface area contributed by atoms with Gasteiger partial charge in [0.15, 0.2) is 0 Å². The van der Waals surface area contributed by atoms with Gasteiger partial charge >= 0.3 is 11.9 Å². The largest absolute Gasteiger partial charge is 0.477 e. The van der Waals surface area contributed by atoms with Gasteiger partial charge in [-0.15, -0.1) is 0 Å². The van der Waals surface area contributed by atoms with Crippen LogP contribution in [0.25, 0.3) is 11.0 Å². The molecule has 0 aliphatic carbocycles. The smallest absolute Gasteiger partial charge is 0.372 e. The van der Waals surface area contributed by atoms with Crippen molar-refractivity contribution in [1.82, 2.24) is 15.0 Å². The lowest BCUT2D eigenvalue weighted by Gasteiger charge is -1.90. The SMILES string of the molecule is CCC(=O)C(=O)O.Cc1c(C(=O)O)[nH]c2ncccc12.Nc1ncccc1Br. The zero-order chi connectivity index (χ0) is 21.3. The highest BCUT2D eigenvalue weighted by Gasteiger charge is 2.12. The minimum atomic E-state index is -1.34. The molecule has 0 spiro atoms. The number of aliphatic carboxylic acids is 1. The number of carboxylic acid groups (broad SMARTS) is 2. The number of aromatic carboxylic acids is 1. The number of nitrogens with two attached hydrogens (primary N) is 1. The number of fused-ring (bicyclic) bond motifs is 1. The summed E-state index contributed by atoms with van der Waals surface area (Å²) >= 11 is 3.21. The molecule has 148 valence electrons. The minimum absolute atomic E-state index is 0.0787. The lowest BCUT2D eigenvalue weighted by atomic mass is 10.2. The van der Waals surface area contributed by atoms with E-state index in [1.807, 2.05) is 18.2 Å². The van der Waals surface area contributed by atoms with Crippen molar-refractivity contribution in [2.45, 2.75) is 20.3 Å². The molecule has 0 saturated heterocycles. The van der Waals surface area contributed by atoms with E-state index in [0.717, 1.165) is 15.4 Å². The molecule has 0 aromatic carbocycles. The molecule has 10 heteroatoms. The van der Waals surface area contributed by atoms with Crippen molar-refractivity contribution in [3.63, 3.8) is 0 Å². The maximum Gasteiger partial charge on any atom is 0.372 e. The molecule has 0 fully saturated rings. The number of ketones is 1. The molecule has 3 aromatic rings. The van der Waals surface area contributed by atoms with Crippen molar-refractivity contribution in [2.24, 2.45) is 0 Å². The van der Waals surface area contributed by atoms with Gasteiger partial charge in [0.05, 0.1) is 4.47 Å². The normalized spacial score (nSPS) is 9.54. The molecule has 0 bridgehead atoms. The summed E-state index contributed by atoms with van der Waals surface area (Å²) in [6.45, 7) is 3.28. The van der Waals surface area contributed by atoms with Gasteiger partial charge < -0.3 is 20.9 Å². The first kappa shape index (κ1) is 22.8. The summed E-state index contributed by atoms with van der Waals surface area (Å²) in [6.07, 6.45) is 3.36. The number of aromatic amines is 1. The van der Waals surface area contributed by atoms with Gasteiger partial charge in [0.1, 0.15) is 17.2 Å². The molecule has 0 amide bonds. The molecule has 0 atom stereocenters. The Morgan fingerprint density at radius 3 is 2.14 bits per heavy atom. The fourth-order valence-corrected chi connectivity index (χ4v) is 2.17. The van der Waals surface area contributed by atoms with Gasteiger partial charge in [-0.05, 0) is 52.7 Å². The monoisotopic (exact) mass is 450 g/mol. The number of carboxylic acids is 2. The highest BCUT2D eigenvalue weighted by atomic mass is 79.9. The number of hydrogen-bond donors (Lipinski definition) is 4. The number of nitrogens with one attached hydrogen (secondary N) is 1. The Morgan fingerprint density at radius 2 is 1.75 bits per heavy atom. The van der Waals surface area contributed by atoms with E-state index < -0.39 is 17.7 Å². The summed E-state index contributed by atoms with van der Waals surface area (Å²) < 4.78 is 0.847. The summed E-state index contributed by atoms with van der Waals surface area (Å²) in [5.41, 5.74) is 6.93. The predicted molar refractivity (Wildman–Crippen MR) is 107 cm³/mol. The molecule has 0 aliphatic heterocycles. The van der Waals surface area contributed by atoms with Gasteiger partial charge in [-0.25, -0.2) is 19.6 Å². The van der Waals surface area contributed by atoms with Gasteiger partial charge in [-0.3, -0.25) is 4.79 Å². The Hall–Kier alpha value is -3.27. The third-order valence-electron chi connectivity index (χ3n) is 3.39. The number of aryl methyl sites for hydroxylation is 1. The van der Waals surface area contributed by atoms with E-state index in [2.05, 4.69) is 30.9 Å². The highest BCUT2D eigenvalue weighted by Crippen LogP contribution is 2.19. The third-order valence-corrected chi connectivity index (χ3v) is 4.06. The van der Waals surface area contributed by atoms with E-state index in [0.29, 0.717) is 11.5 Å². The quantitative estimate of drug-likeness (QED) is 0.442. The predicted octanol–water partition coefficient (Wildman–Crippen LogP) is 3.05. The van der Waals surface area contributed by atoms with Gasteiger partial charge in [0.2, 0.25) is 5.78 Å². The first-order chi connectivity index (χ1) is 13.2. The molecule has 5 N–H and O–H groups in total. The number of H-pyrrole nitrogens is 1. The second-order valence-corrected chi connectivity index (χ2v) is 6.14. The highest BCUT2D eigenvalue weighted by molar-refractivity contribution is 9.10. The third kappa shape index (κ3) is 6.47. The van der Waals surface area contributed by atoms with Crippen LogP contribution in [0.5, 0.6) is 0 Å². The average molecular weight is 451 g/mol. The number of aromatic nitrogens is 3. The molecule has 3 heterocycles. The number of halogens is 1. The average Bonchev–Trinajstić information content (AvgIpc) is 3.02. The summed E-state index contributed by atoms with van der Waals surface area (Å²) in [5, 5.41) is 17.5. The van der Waals surface area contributed by atoms with E-state index in [9.17, 15) is 14.4 Å². The van der Waals surface area contributed by atoms with Crippen molar-refractivity contribution >= 4 is 50.5 Å². The van der Waals surface area contributed by atoms with Crippen LogP contribution in [0.1, 0.15) is 29.4 Å². The number of Topliss-reactive ketones (excluding diaryl/α,β-unsaturated/α-hetero) is 1. The van der Waals surface area contributed by atoms with Crippen LogP contribution in [0.3, 0.4) is 0 Å². The topological polar surface area (TPSA) is 159 Å². The fourth-order valence-electron chi connectivity index (χ4n) is 1.92. The molecule has 9 nitrogen and oxygen atoms in total. The van der Waals surface area contributed by atoms with Crippen LogP contribution in [0.15, 0.2) is 41.1 Å². The molecule has 0 aliphatic rings. The van der Waals surface area contributed by atoms with Crippen molar-refractivity contribution < 1.29 is 24.6 Å². The van der Waals surface area contributed by atoms with E-state index in [-0.39, 0.29) is 12.1 Å². The van der Waals surface area contributed by atoms with Crippen LogP contribution in [-0.4, -0.2) is 42.9 Å². The van der Waals surface area contributed by atoms with Gasteiger partial charge in [-0.1, -0.05) is 6.92 Å². The van der Waals surface area contributed by atoms with Crippen molar-refractivity contribution in [3.05, 3.63) is 52.4 Å². The Bertz CT molecular complexity index is 966. The Morgan fingerprint density at radius 1 is 1.14 bits per heavy atom. The molecular formula is C18H19BrN4O5. The second-order valence-electron chi connectivity index (χ2n) is 5.28. The number of carbonyl (C=O) groups excluding carboxylic acids is 1. The number of carbonyl (C=O) groups is 3. The van der Waals surface area contributed by atoms with E-state index in [4.69, 9.17) is 15.9 Å². The number of pyridine rings is 2. The first-order valence-corrected chi connectivity index (χ1v) is 8.77. The van der Waals surface area contributed by atoms with Gasteiger partial charge in [0, 0.05) is 24.2 Å². The molecule has 3 aromatic heterocycles. The van der Waals surface area contributed by atoms with Crippen LogP contribution < -0.4 is 5.73 Å². The van der Waals surface area contributed by atoms with E-state index in [1.54, 1.807) is 25.4 Å². The lowest BCUT2D eigenvalue weighted by Crippen LogP contribution is -2.09. The number of hydrogen-bond acceptors (Lipinski definition) is 6. The Labute approximate surface area is 168 Å². The summed E-state index contributed by atoms with van der Waals surface area (Å²) in [6, 6.07) is 7.30. The second kappa shape index (κ2) is 10.8. The zero-order valence-electron chi connectivity index (χ0n) is 15.1. The van der Waals surface area contributed by atoms with Crippen LogP contribution in [0, 0.1) is 6.92 Å². The number of nitrogen functional groups attached to an aromatic ring is 1. The Balaban J connectivity index is 0.000000227. The number of rotatable bonds is 3. The van der Waals surface area contributed by atoms with Crippen LogP contribution in [0.4, 0.5) is 5.82 Å². The molecule has 28 heavy (non-hydrogen) atoms. The molecule has 0 unspecified atom stereocenters. The standard InChI is InChI=1S/C9H8N2O2.C5H5BrN2.C4H6O3/c1-5-6-3-2-4-10-8(6)11-7(5)9(12)13;6-4-2-1-3-8-5(4)7;1-2-3(5)4(6)7/h2-4H,1H3,(H,10,11)(H,12,13);1-3H,(H2,7,8);2H2,1H3,(H,6,7). The Kier molecular flexibility index (Phi) is 8.76. The molecule has 0 saturated carbocycles. The first-order valence-electron chi connectivity index (χ1n) is 7.97. The van der Waals surface area contributed by atoms with Crippen molar-refractivity contribution in [1.29, 1.82) is 0 Å². The van der Waals surface area contributed by atoms with Gasteiger partial charge in [0.25, 0.3) is 0 Å². The van der Waals surface area contributed by atoms with Crippen molar-refractivity contribution in [2.75, 3.05) is 5.73 Å². The fraction of sp³-hybridized carbons (Fsp3) is 0.167. The van der Waals surface area contributed by atoms with Gasteiger partial charge in [-0.2, -0.15) is 0 Å². The molecule has 0 radical (unpaired) electrons. The number of nitrogens with zero attached hydrogens (tertiary/aromatic N) is 2. The van der Waals surface area contributed by atoms with E-state index >= 15 is 0 Å². The summed E-state index contributed by atoms with van der Waals surface area (Å²) in [5.74, 6) is -2.49. The minimum Gasteiger partial charge on any atom is -0.477 e. The molecular weight excluding hydrogens is 432 g/mol. The summed E-state index contributed by atoms with van der Waals surface area (Å²) in [4.78, 5) is 40.8. The summed E-state index contributed by atoms with van der Waals surface area (Å²) in [7, 11) is 0. The van der Waals surface area contributed by atoms with Crippen LogP contribution in [0.2, 0.25) is 0 Å². The molecule has 3 rings (SSSR count). The lowest BCUT2D eigenvalue weighted by molar-refractivity contribution is -0.148. The maximum absolute atomic E-state index is 10.7.